The summed E-state index contributed by atoms with van der Waals surface area (Å²) in [6.07, 6.45) is -2.71. The van der Waals surface area contributed by atoms with E-state index in [0.29, 0.717) is 47.7 Å². The van der Waals surface area contributed by atoms with Crippen molar-refractivity contribution in [1.29, 1.82) is 0 Å². The molecule has 4 rings (SSSR count). The summed E-state index contributed by atoms with van der Waals surface area (Å²) in [5, 5.41) is 11.2. The Morgan fingerprint density at radius 1 is 1.25 bits per heavy atom. The molecule has 2 N–H and O–H groups in total. The van der Waals surface area contributed by atoms with Gasteiger partial charge in [-0.2, -0.15) is 13.2 Å². The van der Waals surface area contributed by atoms with Crippen LogP contribution in [-0.2, 0) is 17.5 Å². The first-order chi connectivity index (χ1) is 15.0. The summed E-state index contributed by atoms with van der Waals surface area (Å²) >= 11 is 0. The molecular formula is C23H26F3N3O3. The van der Waals surface area contributed by atoms with Crippen LogP contribution in [0.25, 0.3) is 21.8 Å². The highest BCUT2D eigenvalue weighted by Crippen LogP contribution is 2.44. The van der Waals surface area contributed by atoms with E-state index in [1.165, 1.54) is 6.20 Å². The summed E-state index contributed by atoms with van der Waals surface area (Å²) in [4.78, 5) is 20.6. The predicted molar refractivity (Wildman–Crippen MR) is 114 cm³/mol. The summed E-state index contributed by atoms with van der Waals surface area (Å²) in [6, 6.07) is 5.17. The average Bonchev–Trinajstić information content (AvgIpc) is 3.13. The van der Waals surface area contributed by atoms with Crippen molar-refractivity contribution in [2.45, 2.75) is 57.9 Å². The maximum atomic E-state index is 14.0. The Hall–Kier alpha value is -2.81. The van der Waals surface area contributed by atoms with Gasteiger partial charge in [-0.15, -0.1) is 0 Å². The van der Waals surface area contributed by atoms with Gasteiger partial charge >= 0.3 is 12.3 Å². The predicted octanol–water partition coefficient (Wildman–Crippen LogP) is 5.34. The number of halogens is 3. The van der Waals surface area contributed by atoms with Gasteiger partial charge < -0.3 is 19.7 Å². The number of pyridine rings is 1. The number of fused-ring (bicyclic) bond motifs is 3. The molecule has 1 aromatic carbocycles. The minimum atomic E-state index is -4.56. The summed E-state index contributed by atoms with van der Waals surface area (Å²) in [5.41, 5.74) is -0.365. The SMILES string of the molecule is CC(C)(C)OC(=O)N1CCC(c2c(C(F)(F)F)[nH]c3ncc4cc(CO)ccc4c23)CC1. The number of ether oxygens (including phenoxy) is 1. The zero-order chi connectivity index (χ0) is 23.3. The molecule has 1 aliphatic heterocycles. The van der Waals surface area contributed by atoms with Crippen LogP contribution in [0, 0.1) is 0 Å². The number of hydrogen-bond acceptors (Lipinski definition) is 4. The van der Waals surface area contributed by atoms with Gasteiger partial charge in [0.05, 0.1) is 6.61 Å². The zero-order valence-corrected chi connectivity index (χ0v) is 18.2. The van der Waals surface area contributed by atoms with Crippen molar-refractivity contribution in [2.75, 3.05) is 13.1 Å². The van der Waals surface area contributed by atoms with Crippen molar-refractivity contribution < 1.29 is 27.8 Å². The molecule has 0 spiro atoms. The molecule has 6 nitrogen and oxygen atoms in total. The number of piperidine rings is 1. The monoisotopic (exact) mass is 449 g/mol. The van der Waals surface area contributed by atoms with Crippen LogP contribution in [0.15, 0.2) is 24.4 Å². The Balaban J connectivity index is 1.74. The number of aromatic nitrogens is 2. The molecule has 0 aliphatic carbocycles. The van der Waals surface area contributed by atoms with Crippen LogP contribution in [0.1, 0.15) is 56.4 Å². The lowest BCUT2D eigenvalue weighted by Gasteiger charge is -2.34. The second kappa shape index (κ2) is 7.95. The van der Waals surface area contributed by atoms with Gasteiger partial charge in [-0.05, 0) is 62.1 Å². The summed E-state index contributed by atoms with van der Waals surface area (Å²) in [6.45, 7) is 5.80. The molecule has 1 fully saturated rings. The Labute approximate surface area is 183 Å². The van der Waals surface area contributed by atoms with Crippen molar-refractivity contribution in [2.24, 2.45) is 0 Å². The topological polar surface area (TPSA) is 78.5 Å². The van der Waals surface area contributed by atoms with Crippen LogP contribution >= 0.6 is 0 Å². The van der Waals surface area contributed by atoms with Crippen LogP contribution in [0.5, 0.6) is 0 Å². The average molecular weight is 449 g/mol. The van der Waals surface area contributed by atoms with E-state index < -0.39 is 23.6 Å². The van der Waals surface area contributed by atoms with E-state index in [4.69, 9.17) is 4.74 Å². The Kier molecular flexibility index (Phi) is 5.56. The van der Waals surface area contributed by atoms with Gasteiger partial charge in [0.25, 0.3) is 0 Å². The number of nitrogens with zero attached hydrogens (tertiary/aromatic N) is 2. The Bertz CT molecular complexity index is 1160. The molecule has 0 unspecified atom stereocenters. The number of hydrogen-bond donors (Lipinski definition) is 2. The van der Waals surface area contributed by atoms with Crippen LogP contribution < -0.4 is 0 Å². The van der Waals surface area contributed by atoms with Crippen molar-refractivity contribution >= 4 is 27.9 Å². The molecule has 3 aromatic rings. The highest BCUT2D eigenvalue weighted by molar-refractivity contribution is 6.07. The van der Waals surface area contributed by atoms with E-state index in [1.807, 2.05) is 0 Å². The second-order valence-electron chi connectivity index (χ2n) is 9.21. The number of aliphatic hydroxyl groups excluding tert-OH is 1. The quantitative estimate of drug-likeness (QED) is 0.554. The number of nitrogens with one attached hydrogen (secondary N) is 1. The van der Waals surface area contributed by atoms with E-state index in [-0.39, 0.29) is 23.7 Å². The number of carbonyl (C=O) groups is 1. The van der Waals surface area contributed by atoms with Gasteiger partial charge in [0, 0.05) is 30.1 Å². The highest BCUT2D eigenvalue weighted by Gasteiger charge is 2.40. The number of aromatic amines is 1. The van der Waals surface area contributed by atoms with Crippen LogP contribution in [-0.4, -0.2) is 44.8 Å². The van der Waals surface area contributed by atoms with Crippen molar-refractivity contribution in [3.8, 4) is 0 Å². The van der Waals surface area contributed by atoms with Crippen molar-refractivity contribution in [3.63, 3.8) is 0 Å². The zero-order valence-electron chi connectivity index (χ0n) is 18.2. The smallest absolute Gasteiger partial charge is 0.431 e. The maximum Gasteiger partial charge on any atom is 0.431 e. The number of amides is 1. The largest absolute Gasteiger partial charge is 0.444 e. The van der Waals surface area contributed by atoms with Crippen molar-refractivity contribution in [1.82, 2.24) is 14.9 Å². The first-order valence-corrected chi connectivity index (χ1v) is 10.6. The number of H-pyrrole nitrogens is 1. The van der Waals surface area contributed by atoms with Gasteiger partial charge in [-0.1, -0.05) is 12.1 Å². The minimum Gasteiger partial charge on any atom is -0.444 e. The third kappa shape index (κ3) is 4.26. The highest BCUT2D eigenvalue weighted by atomic mass is 19.4. The molecule has 0 bridgehead atoms. The second-order valence-corrected chi connectivity index (χ2v) is 9.21. The number of benzene rings is 1. The van der Waals surface area contributed by atoms with Crippen LogP contribution in [0.3, 0.4) is 0 Å². The molecule has 172 valence electrons. The molecule has 32 heavy (non-hydrogen) atoms. The molecule has 3 heterocycles. The molecular weight excluding hydrogens is 423 g/mol. The normalized spacial score (nSPS) is 16.2. The van der Waals surface area contributed by atoms with Gasteiger partial charge in [0.2, 0.25) is 0 Å². The van der Waals surface area contributed by atoms with Gasteiger partial charge in [-0.3, -0.25) is 0 Å². The van der Waals surface area contributed by atoms with Crippen LogP contribution in [0.4, 0.5) is 18.0 Å². The number of likely N-dealkylation sites (tertiary alicyclic amines) is 1. The summed E-state index contributed by atoms with van der Waals surface area (Å²) in [5.74, 6) is -0.385. The number of rotatable bonds is 2. The fourth-order valence-corrected chi connectivity index (χ4v) is 4.36. The van der Waals surface area contributed by atoms with Crippen molar-refractivity contribution in [3.05, 3.63) is 41.2 Å². The fraction of sp³-hybridized carbons (Fsp3) is 0.478. The molecule has 0 saturated carbocycles. The van der Waals surface area contributed by atoms with E-state index in [2.05, 4.69) is 9.97 Å². The molecule has 2 aromatic heterocycles. The maximum absolute atomic E-state index is 14.0. The molecule has 1 aliphatic rings. The molecule has 1 saturated heterocycles. The van der Waals surface area contributed by atoms with Gasteiger partial charge in [0.15, 0.2) is 0 Å². The molecule has 0 radical (unpaired) electrons. The van der Waals surface area contributed by atoms with E-state index in [9.17, 15) is 23.1 Å². The fourth-order valence-electron chi connectivity index (χ4n) is 4.36. The first kappa shape index (κ1) is 22.4. The summed E-state index contributed by atoms with van der Waals surface area (Å²) in [7, 11) is 0. The standard InChI is InChI=1S/C23H26F3N3O3/c1-22(2,3)32-21(31)29-8-6-14(7-9-29)17-18-16-5-4-13(12-30)10-15(16)11-27-20(18)28-19(17)23(24,25)26/h4-5,10-11,14,30H,6-9,12H2,1-3H3,(H,27,28). The number of carbonyl (C=O) groups excluding carboxylic acids is 1. The Morgan fingerprint density at radius 3 is 2.53 bits per heavy atom. The third-order valence-corrected chi connectivity index (χ3v) is 5.76. The lowest BCUT2D eigenvalue weighted by Crippen LogP contribution is -2.41. The Morgan fingerprint density at radius 2 is 1.94 bits per heavy atom. The summed E-state index contributed by atoms with van der Waals surface area (Å²) < 4.78 is 47.3. The molecule has 1 amide bonds. The lowest BCUT2D eigenvalue weighted by molar-refractivity contribution is -0.141. The van der Waals surface area contributed by atoms with E-state index in [1.54, 1.807) is 43.9 Å². The van der Waals surface area contributed by atoms with Gasteiger partial charge in [0.1, 0.15) is 16.9 Å². The third-order valence-electron chi connectivity index (χ3n) is 5.76. The van der Waals surface area contributed by atoms with Crippen LogP contribution in [0.2, 0.25) is 0 Å². The van der Waals surface area contributed by atoms with E-state index in [0.717, 1.165) is 0 Å². The lowest BCUT2D eigenvalue weighted by atomic mass is 9.86. The number of aliphatic hydroxyl groups is 1. The number of alkyl halides is 3. The molecule has 9 heteroatoms. The van der Waals surface area contributed by atoms with E-state index >= 15 is 0 Å². The minimum absolute atomic E-state index is 0.162. The first-order valence-electron chi connectivity index (χ1n) is 10.6. The van der Waals surface area contributed by atoms with Gasteiger partial charge in [-0.25, -0.2) is 9.78 Å². The molecule has 0 atom stereocenters.